The fraction of sp³-hybridized carbons (Fsp3) is 0.250. The second-order valence-corrected chi connectivity index (χ2v) is 3.51. The Bertz CT molecular complexity index is 505. The van der Waals surface area contributed by atoms with Gasteiger partial charge in [-0.1, -0.05) is 0 Å². The fourth-order valence-corrected chi connectivity index (χ4v) is 1.94. The van der Waals surface area contributed by atoms with Gasteiger partial charge in [-0.05, 0) is 0 Å². The van der Waals surface area contributed by atoms with E-state index in [1.165, 1.54) is 17.5 Å². The van der Waals surface area contributed by atoms with E-state index in [0.29, 0.717) is 10.8 Å². The van der Waals surface area contributed by atoms with E-state index < -0.39 is 18.5 Å². The Morgan fingerprint density at radius 3 is 3.00 bits per heavy atom. The van der Waals surface area contributed by atoms with Crippen molar-refractivity contribution in [2.45, 2.75) is 13.0 Å². The van der Waals surface area contributed by atoms with Gasteiger partial charge in [-0.2, -0.15) is 16.4 Å². The molecule has 2 heterocycles. The number of rotatable bonds is 2. The lowest BCUT2D eigenvalue weighted by Crippen LogP contribution is -2.25. The molecule has 0 fully saturated rings. The lowest BCUT2D eigenvalue weighted by Gasteiger charge is -2.02. The van der Waals surface area contributed by atoms with Crippen LogP contribution < -0.4 is 5.56 Å². The van der Waals surface area contributed by atoms with E-state index in [1.54, 1.807) is 10.8 Å². The van der Waals surface area contributed by atoms with Gasteiger partial charge in [0.05, 0.1) is 11.6 Å². The van der Waals surface area contributed by atoms with E-state index >= 15 is 0 Å². The number of thiophene rings is 1. The van der Waals surface area contributed by atoms with Crippen LogP contribution in [-0.4, -0.2) is 16.2 Å². The molecule has 2 aromatic rings. The Labute approximate surface area is 81.6 Å². The Hall–Kier alpha value is -1.30. The van der Waals surface area contributed by atoms with Crippen LogP contribution in [0.25, 0.3) is 10.8 Å². The van der Waals surface area contributed by atoms with Crippen molar-refractivity contribution < 1.29 is 8.78 Å². The Morgan fingerprint density at radius 2 is 2.29 bits per heavy atom. The second kappa shape index (κ2) is 3.45. The maximum atomic E-state index is 12.0. The van der Waals surface area contributed by atoms with Crippen molar-refractivity contribution >= 4 is 22.1 Å². The molecule has 0 saturated carbocycles. The number of aromatic nitrogens is 2. The van der Waals surface area contributed by atoms with Crippen LogP contribution in [0.1, 0.15) is 0 Å². The SMILES string of the molecule is O=c1c2cscc2cnn1CC(F)F. The summed E-state index contributed by atoms with van der Waals surface area (Å²) in [5, 5.41) is 8.20. The van der Waals surface area contributed by atoms with Gasteiger partial charge < -0.3 is 0 Å². The van der Waals surface area contributed by atoms with Crippen LogP contribution in [0.2, 0.25) is 0 Å². The Kier molecular flexibility index (Phi) is 2.28. The maximum absolute atomic E-state index is 12.0. The molecule has 14 heavy (non-hydrogen) atoms. The summed E-state index contributed by atoms with van der Waals surface area (Å²) in [5.74, 6) is 0. The number of hydrogen-bond acceptors (Lipinski definition) is 3. The van der Waals surface area contributed by atoms with E-state index in [2.05, 4.69) is 5.10 Å². The normalized spacial score (nSPS) is 11.4. The summed E-state index contributed by atoms with van der Waals surface area (Å²) >= 11 is 1.35. The maximum Gasteiger partial charge on any atom is 0.275 e. The molecule has 2 rings (SSSR count). The molecular weight excluding hydrogens is 210 g/mol. The number of fused-ring (bicyclic) bond motifs is 1. The fourth-order valence-electron chi connectivity index (χ4n) is 1.16. The molecule has 0 unspecified atom stereocenters. The van der Waals surface area contributed by atoms with Crippen molar-refractivity contribution in [1.82, 2.24) is 9.78 Å². The van der Waals surface area contributed by atoms with Crippen LogP contribution in [0.4, 0.5) is 8.78 Å². The lowest BCUT2D eigenvalue weighted by atomic mass is 10.3. The van der Waals surface area contributed by atoms with E-state index in [-0.39, 0.29) is 0 Å². The van der Waals surface area contributed by atoms with Crippen molar-refractivity contribution in [3.8, 4) is 0 Å². The summed E-state index contributed by atoms with van der Waals surface area (Å²) in [6.07, 6.45) is -1.13. The summed E-state index contributed by atoms with van der Waals surface area (Å²) in [6, 6.07) is 0. The minimum Gasteiger partial charge on any atom is -0.267 e. The molecule has 0 spiro atoms. The third kappa shape index (κ3) is 1.52. The Balaban J connectivity index is 2.57. The zero-order chi connectivity index (χ0) is 10.1. The molecule has 0 bridgehead atoms. The highest BCUT2D eigenvalue weighted by atomic mass is 32.1. The van der Waals surface area contributed by atoms with Crippen molar-refractivity contribution in [2.24, 2.45) is 0 Å². The van der Waals surface area contributed by atoms with Gasteiger partial charge in [0.15, 0.2) is 0 Å². The second-order valence-electron chi connectivity index (χ2n) is 2.76. The average molecular weight is 216 g/mol. The summed E-state index contributed by atoms with van der Waals surface area (Å²) in [5.41, 5.74) is -0.455. The third-order valence-electron chi connectivity index (χ3n) is 1.80. The molecule has 0 saturated heterocycles. The van der Waals surface area contributed by atoms with Gasteiger partial charge in [-0.15, -0.1) is 0 Å². The van der Waals surface area contributed by atoms with Crippen LogP contribution in [0.3, 0.4) is 0 Å². The molecule has 0 amide bonds. The molecular formula is C8H6F2N2OS. The standard InChI is InChI=1S/C8H6F2N2OS/c9-7(10)2-12-8(13)6-4-14-3-5(6)1-11-12/h1,3-4,7H,2H2. The quantitative estimate of drug-likeness (QED) is 0.766. The van der Waals surface area contributed by atoms with Crippen LogP contribution in [0.15, 0.2) is 21.8 Å². The van der Waals surface area contributed by atoms with Gasteiger partial charge in [-0.25, -0.2) is 13.5 Å². The zero-order valence-corrected chi connectivity index (χ0v) is 7.80. The lowest BCUT2D eigenvalue weighted by molar-refractivity contribution is 0.120. The molecule has 0 aliphatic rings. The summed E-state index contributed by atoms with van der Waals surface area (Å²) in [7, 11) is 0. The van der Waals surface area contributed by atoms with E-state index in [9.17, 15) is 13.6 Å². The van der Waals surface area contributed by atoms with E-state index in [1.807, 2.05) is 0 Å². The van der Waals surface area contributed by atoms with Gasteiger partial charge >= 0.3 is 0 Å². The van der Waals surface area contributed by atoms with Crippen molar-refractivity contribution in [3.63, 3.8) is 0 Å². The zero-order valence-electron chi connectivity index (χ0n) is 6.98. The highest BCUT2D eigenvalue weighted by Gasteiger charge is 2.09. The molecule has 6 heteroatoms. The Morgan fingerprint density at radius 1 is 1.50 bits per heavy atom. The molecule has 0 aliphatic heterocycles. The molecule has 74 valence electrons. The largest absolute Gasteiger partial charge is 0.275 e. The molecule has 2 aromatic heterocycles. The highest BCUT2D eigenvalue weighted by molar-refractivity contribution is 7.09. The molecule has 0 N–H and O–H groups in total. The molecule has 0 aliphatic carbocycles. The van der Waals surface area contributed by atoms with Gasteiger partial charge in [0.2, 0.25) is 0 Å². The van der Waals surface area contributed by atoms with Crippen molar-refractivity contribution in [2.75, 3.05) is 0 Å². The predicted octanol–water partition coefficient (Wildman–Crippen LogP) is 1.72. The predicted molar refractivity (Wildman–Crippen MR) is 49.9 cm³/mol. The minimum atomic E-state index is -2.56. The van der Waals surface area contributed by atoms with Crippen LogP contribution >= 0.6 is 11.3 Å². The molecule has 0 aromatic carbocycles. The monoisotopic (exact) mass is 216 g/mol. The number of nitrogens with zero attached hydrogens (tertiary/aromatic N) is 2. The van der Waals surface area contributed by atoms with E-state index in [4.69, 9.17) is 0 Å². The van der Waals surface area contributed by atoms with Crippen LogP contribution in [0.5, 0.6) is 0 Å². The number of alkyl halides is 2. The van der Waals surface area contributed by atoms with Crippen molar-refractivity contribution in [3.05, 3.63) is 27.3 Å². The smallest absolute Gasteiger partial charge is 0.267 e. The summed E-state index contributed by atoms with van der Waals surface area (Å²) < 4.78 is 24.9. The van der Waals surface area contributed by atoms with Gasteiger partial charge in [0.25, 0.3) is 12.0 Å². The third-order valence-corrected chi connectivity index (χ3v) is 2.57. The first-order chi connectivity index (χ1) is 6.68. The first-order valence-electron chi connectivity index (χ1n) is 3.88. The summed E-state index contributed by atoms with van der Waals surface area (Å²) in [6.45, 7) is -0.648. The molecule has 0 atom stereocenters. The van der Waals surface area contributed by atoms with E-state index in [0.717, 1.165) is 4.68 Å². The minimum absolute atomic E-state index is 0.450. The first kappa shape index (κ1) is 9.26. The first-order valence-corrected chi connectivity index (χ1v) is 4.83. The number of hydrogen-bond donors (Lipinski definition) is 0. The average Bonchev–Trinajstić information content (AvgIpc) is 2.57. The van der Waals surface area contributed by atoms with Gasteiger partial charge in [0.1, 0.15) is 6.54 Å². The topological polar surface area (TPSA) is 34.9 Å². The van der Waals surface area contributed by atoms with Crippen molar-refractivity contribution in [1.29, 1.82) is 0 Å². The van der Waals surface area contributed by atoms with Gasteiger partial charge in [0, 0.05) is 16.1 Å². The molecule has 3 nitrogen and oxygen atoms in total. The highest BCUT2D eigenvalue weighted by Crippen LogP contribution is 2.13. The summed E-state index contributed by atoms with van der Waals surface area (Å²) in [4.78, 5) is 11.5. The van der Waals surface area contributed by atoms with Gasteiger partial charge in [-0.3, -0.25) is 4.79 Å². The van der Waals surface area contributed by atoms with Crippen LogP contribution in [-0.2, 0) is 6.54 Å². The number of halogens is 2. The van der Waals surface area contributed by atoms with Crippen LogP contribution in [0, 0.1) is 0 Å². The molecule has 0 radical (unpaired) electrons.